The van der Waals surface area contributed by atoms with Gasteiger partial charge in [0.1, 0.15) is 5.75 Å². The summed E-state index contributed by atoms with van der Waals surface area (Å²) in [7, 11) is 0. The number of para-hydroxylation sites is 1. The summed E-state index contributed by atoms with van der Waals surface area (Å²) in [6.07, 6.45) is 8.13. The first-order valence-corrected chi connectivity index (χ1v) is 12.1. The van der Waals surface area contributed by atoms with Crippen molar-refractivity contribution in [3.8, 4) is 17.0 Å². The molecule has 9 heteroatoms. The Hall–Kier alpha value is -4.27. The van der Waals surface area contributed by atoms with E-state index < -0.39 is 0 Å². The summed E-state index contributed by atoms with van der Waals surface area (Å²) in [5.74, 6) is 0.829. The molecule has 1 fully saturated rings. The average molecular weight is 485 g/mol. The highest BCUT2D eigenvalue weighted by molar-refractivity contribution is 5.96. The number of benzene rings is 1. The zero-order chi connectivity index (χ0) is 25.1. The van der Waals surface area contributed by atoms with Crippen LogP contribution in [-0.4, -0.2) is 37.5 Å². The Morgan fingerprint density at radius 3 is 2.75 bits per heavy atom. The van der Waals surface area contributed by atoms with E-state index in [0.717, 1.165) is 24.2 Å². The molecule has 3 aromatic heterocycles. The van der Waals surface area contributed by atoms with E-state index in [0.29, 0.717) is 40.5 Å². The van der Waals surface area contributed by atoms with Crippen molar-refractivity contribution in [3.05, 3.63) is 71.7 Å². The summed E-state index contributed by atoms with van der Waals surface area (Å²) in [6, 6.07) is 13.2. The summed E-state index contributed by atoms with van der Waals surface area (Å²) in [5, 5.41) is 10.2. The Labute approximate surface area is 208 Å². The van der Waals surface area contributed by atoms with E-state index in [1.807, 2.05) is 37.3 Å². The minimum absolute atomic E-state index is 0.204. The fourth-order valence-electron chi connectivity index (χ4n) is 4.40. The fourth-order valence-corrected chi connectivity index (χ4v) is 4.40. The highest BCUT2D eigenvalue weighted by Gasteiger charge is 2.19. The Morgan fingerprint density at radius 1 is 1.14 bits per heavy atom. The number of aromatic nitrogens is 4. The fraction of sp³-hybridized carbons (Fsp3) is 0.296. The number of pyridine rings is 1. The second kappa shape index (κ2) is 10.2. The molecule has 5 rings (SSSR count). The van der Waals surface area contributed by atoms with E-state index in [1.165, 1.54) is 19.8 Å². The number of fused-ring (bicyclic) bond motifs is 1. The minimum Gasteiger partial charge on any atom is -0.490 e. The van der Waals surface area contributed by atoms with E-state index >= 15 is 0 Å². The summed E-state index contributed by atoms with van der Waals surface area (Å²) in [6.45, 7) is 3.59. The first kappa shape index (κ1) is 23.5. The molecule has 0 radical (unpaired) electrons. The van der Waals surface area contributed by atoms with Crippen LogP contribution in [0.5, 0.6) is 5.75 Å². The Morgan fingerprint density at radius 2 is 1.94 bits per heavy atom. The number of aryl methyl sites for hydroxylation is 1. The molecule has 2 amide bonds. The molecule has 0 unspecified atom stereocenters. The lowest BCUT2D eigenvalue weighted by atomic mass is 10.1. The molecule has 36 heavy (non-hydrogen) atoms. The molecule has 1 aliphatic rings. The zero-order valence-electron chi connectivity index (χ0n) is 20.3. The predicted molar refractivity (Wildman–Crippen MR) is 136 cm³/mol. The number of nitrogens with one attached hydrogen (secondary N) is 2. The molecule has 0 aliphatic heterocycles. The molecule has 0 saturated heterocycles. The number of carbonyl (C=O) groups excluding carboxylic acids is 2. The van der Waals surface area contributed by atoms with Gasteiger partial charge in [-0.2, -0.15) is 5.10 Å². The number of hydrogen-bond acceptors (Lipinski definition) is 6. The van der Waals surface area contributed by atoms with Gasteiger partial charge in [0.15, 0.2) is 11.5 Å². The summed E-state index contributed by atoms with van der Waals surface area (Å²) in [5.41, 5.74) is 3.98. The topological polar surface area (TPSA) is 111 Å². The lowest BCUT2D eigenvalue weighted by Crippen LogP contribution is -2.24. The highest BCUT2D eigenvalue weighted by atomic mass is 16.5. The van der Waals surface area contributed by atoms with Crippen LogP contribution in [0.2, 0.25) is 0 Å². The van der Waals surface area contributed by atoms with Gasteiger partial charge >= 0.3 is 0 Å². The van der Waals surface area contributed by atoms with Gasteiger partial charge in [0.25, 0.3) is 5.91 Å². The second-order valence-electron chi connectivity index (χ2n) is 9.00. The standard InChI is InChI=1S/C27H28N6O3/c1-17-22(27(35)29-14-19-7-3-6-10-24(19)36-21-8-4-5-9-21)13-20(15-28-17)23-11-12-26-31-25(30-18(2)34)16-33(26)32-23/h3,6-7,10-13,15-16,21H,4-5,8-9,14H2,1-2H3,(H,29,35)(H,30,34). The third-order valence-corrected chi connectivity index (χ3v) is 6.26. The highest BCUT2D eigenvalue weighted by Crippen LogP contribution is 2.27. The van der Waals surface area contributed by atoms with Crippen molar-refractivity contribution in [2.45, 2.75) is 52.2 Å². The smallest absolute Gasteiger partial charge is 0.253 e. The molecule has 1 saturated carbocycles. The van der Waals surface area contributed by atoms with E-state index in [-0.39, 0.29) is 17.9 Å². The molecular formula is C27H28N6O3. The second-order valence-corrected chi connectivity index (χ2v) is 9.00. The summed E-state index contributed by atoms with van der Waals surface area (Å²) in [4.78, 5) is 33.2. The van der Waals surface area contributed by atoms with Crippen LogP contribution in [0, 0.1) is 6.92 Å². The van der Waals surface area contributed by atoms with Crippen molar-refractivity contribution in [3.63, 3.8) is 0 Å². The van der Waals surface area contributed by atoms with Gasteiger partial charge in [-0.25, -0.2) is 9.50 Å². The molecule has 1 aliphatic carbocycles. The minimum atomic E-state index is -0.214. The lowest BCUT2D eigenvalue weighted by Gasteiger charge is -2.17. The maximum absolute atomic E-state index is 13.1. The normalized spacial score (nSPS) is 13.6. The SMILES string of the molecule is CC(=O)Nc1cn2nc(-c3cnc(C)c(C(=O)NCc4ccccc4OC4CCCC4)c3)ccc2n1. The maximum Gasteiger partial charge on any atom is 0.253 e. The van der Waals surface area contributed by atoms with Gasteiger partial charge in [-0.15, -0.1) is 0 Å². The molecule has 4 aromatic rings. The Balaban J connectivity index is 1.33. The molecular weight excluding hydrogens is 456 g/mol. The van der Waals surface area contributed by atoms with Crippen LogP contribution in [0.15, 0.2) is 54.9 Å². The number of rotatable bonds is 7. The van der Waals surface area contributed by atoms with Crippen molar-refractivity contribution in [1.82, 2.24) is 24.9 Å². The molecule has 1 aromatic carbocycles. The van der Waals surface area contributed by atoms with Gasteiger partial charge in [-0.1, -0.05) is 18.2 Å². The van der Waals surface area contributed by atoms with E-state index in [9.17, 15) is 9.59 Å². The van der Waals surface area contributed by atoms with Gasteiger partial charge in [-0.3, -0.25) is 14.6 Å². The monoisotopic (exact) mass is 484 g/mol. The largest absolute Gasteiger partial charge is 0.490 e. The van der Waals surface area contributed by atoms with E-state index in [1.54, 1.807) is 29.0 Å². The van der Waals surface area contributed by atoms with Crippen molar-refractivity contribution in [2.24, 2.45) is 0 Å². The molecule has 9 nitrogen and oxygen atoms in total. The quantitative estimate of drug-likeness (QED) is 0.404. The van der Waals surface area contributed by atoms with Gasteiger partial charge in [0, 0.05) is 30.8 Å². The van der Waals surface area contributed by atoms with Crippen molar-refractivity contribution < 1.29 is 14.3 Å². The number of nitrogens with zero attached hydrogens (tertiary/aromatic N) is 4. The Kier molecular flexibility index (Phi) is 6.62. The molecule has 0 spiro atoms. The third kappa shape index (κ3) is 5.19. The van der Waals surface area contributed by atoms with E-state index in [4.69, 9.17) is 4.74 Å². The number of anilines is 1. The molecule has 0 atom stereocenters. The molecule has 2 N–H and O–H groups in total. The van der Waals surface area contributed by atoms with Crippen molar-refractivity contribution >= 4 is 23.3 Å². The number of ether oxygens (including phenoxy) is 1. The lowest BCUT2D eigenvalue weighted by molar-refractivity contribution is -0.114. The first-order valence-electron chi connectivity index (χ1n) is 12.1. The van der Waals surface area contributed by atoms with Crippen LogP contribution in [-0.2, 0) is 11.3 Å². The predicted octanol–water partition coefficient (Wildman–Crippen LogP) is 4.31. The number of amides is 2. The average Bonchev–Trinajstić information content (AvgIpc) is 3.52. The van der Waals surface area contributed by atoms with Crippen LogP contribution in [0.25, 0.3) is 16.9 Å². The summed E-state index contributed by atoms with van der Waals surface area (Å²) < 4.78 is 7.79. The van der Waals surface area contributed by atoms with Gasteiger partial charge in [0.05, 0.1) is 29.3 Å². The van der Waals surface area contributed by atoms with Gasteiger partial charge in [0.2, 0.25) is 5.91 Å². The van der Waals surface area contributed by atoms with Crippen LogP contribution in [0.3, 0.4) is 0 Å². The number of carbonyl (C=O) groups is 2. The van der Waals surface area contributed by atoms with Gasteiger partial charge < -0.3 is 15.4 Å². The summed E-state index contributed by atoms with van der Waals surface area (Å²) >= 11 is 0. The molecule has 184 valence electrons. The maximum atomic E-state index is 13.1. The van der Waals surface area contributed by atoms with Crippen molar-refractivity contribution in [2.75, 3.05) is 5.32 Å². The van der Waals surface area contributed by atoms with Crippen LogP contribution in [0.4, 0.5) is 5.82 Å². The van der Waals surface area contributed by atoms with Crippen LogP contribution >= 0.6 is 0 Å². The number of hydrogen-bond donors (Lipinski definition) is 2. The van der Waals surface area contributed by atoms with Gasteiger partial charge in [-0.05, 0) is 56.9 Å². The third-order valence-electron chi connectivity index (χ3n) is 6.26. The molecule has 0 bridgehead atoms. The van der Waals surface area contributed by atoms with Crippen LogP contribution < -0.4 is 15.4 Å². The number of imidazole rings is 1. The zero-order valence-corrected chi connectivity index (χ0v) is 20.3. The van der Waals surface area contributed by atoms with Crippen molar-refractivity contribution in [1.29, 1.82) is 0 Å². The first-order chi connectivity index (χ1) is 17.5. The van der Waals surface area contributed by atoms with Crippen LogP contribution in [0.1, 0.15) is 54.2 Å². The Bertz CT molecular complexity index is 1420. The van der Waals surface area contributed by atoms with E-state index in [2.05, 4.69) is 25.7 Å². The molecule has 3 heterocycles.